The first-order valence-electron chi connectivity index (χ1n) is 4.82. The molecule has 0 radical (unpaired) electrons. The number of carbonyl (C=O) groups is 4. The maximum atomic E-state index is 11.8. The van der Waals surface area contributed by atoms with Crippen LogP contribution in [0.25, 0.3) is 0 Å². The molecule has 6 heteroatoms. The highest BCUT2D eigenvalue weighted by molar-refractivity contribution is 6.69. The lowest BCUT2D eigenvalue weighted by Gasteiger charge is -2.46. The van der Waals surface area contributed by atoms with Crippen molar-refractivity contribution in [2.75, 3.05) is 0 Å². The Morgan fingerprint density at radius 1 is 0.875 bits per heavy atom. The van der Waals surface area contributed by atoms with E-state index in [1.54, 1.807) is 0 Å². The molecule has 0 amide bonds. The molecule has 4 nitrogen and oxygen atoms in total. The third-order valence-corrected chi connectivity index (χ3v) is 4.45. The van der Waals surface area contributed by atoms with Gasteiger partial charge in [0.15, 0.2) is 0 Å². The standard InChI is InChI=1S/C10H8Cl2O4/c11-7(15)9-1-2-10(8(12)16,4-5(9)13)6(14)3-9/h1-4H2. The summed E-state index contributed by atoms with van der Waals surface area (Å²) in [6.07, 6.45) is -0.296. The van der Waals surface area contributed by atoms with Crippen LogP contribution in [-0.2, 0) is 19.2 Å². The third kappa shape index (κ3) is 1.23. The minimum Gasteiger partial charge on any atom is -0.298 e. The fraction of sp³-hybridized carbons (Fsp3) is 0.600. The molecule has 0 aromatic rings. The number of ketones is 2. The summed E-state index contributed by atoms with van der Waals surface area (Å²) in [7, 11) is 0. The lowest BCUT2D eigenvalue weighted by Crippen LogP contribution is -2.58. The molecule has 0 heterocycles. The van der Waals surface area contributed by atoms with Crippen molar-refractivity contribution < 1.29 is 19.2 Å². The molecule has 3 rings (SSSR count). The summed E-state index contributed by atoms with van der Waals surface area (Å²) in [4.78, 5) is 46.2. The van der Waals surface area contributed by atoms with Crippen LogP contribution in [0.4, 0.5) is 0 Å². The van der Waals surface area contributed by atoms with E-state index in [-0.39, 0.29) is 25.7 Å². The monoisotopic (exact) mass is 262 g/mol. The highest BCUT2D eigenvalue weighted by atomic mass is 35.5. The van der Waals surface area contributed by atoms with E-state index in [4.69, 9.17) is 23.2 Å². The second-order valence-corrected chi connectivity index (χ2v) is 5.10. The minimum absolute atomic E-state index is 0.137. The number of carbonyl (C=O) groups excluding carboxylic acids is 4. The van der Waals surface area contributed by atoms with Crippen molar-refractivity contribution in [2.45, 2.75) is 25.7 Å². The van der Waals surface area contributed by atoms with Crippen LogP contribution in [0.2, 0.25) is 0 Å². The van der Waals surface area contributed by atoms with Crippen molar-refractivity contribution in [1.29, 1.82) is 0 Å². The maximum absolute atomic E-state index is 11.8. The van der Waals surface area contributed by atoms with Crippen molar-refractivity contribution in [1.82, 2.24) is 0 Å². The molecule has 0 spiro atoms. The number of hydrogen-bond acceptors (Lipinski definition) is 4. The van der Waals surface area contributed by atoms with Gasteiger partial charge in [0.1, 0.15) is 22.4 Å². The first kappa shape index (κ1) is 11.7. The van der Waals surface area contributed by atoms with Gasteiger partial charge in [0.25, 0.3) is 0 Å². The molecule has 0 aromatic heterocycles. The molecule has 2 bridgehead atoms. The summed E-state index contributed by atoms with van der Waals surface area (Å²) in [6.45, 7) is 0. The van der Waals surface area contributed by atoms with Gasteiger partial charge < -0.3 is 0 Å². The zero-order chi connectivity index (χ0) is 12.1. The zero-order valence-corrected chi connectivity index (χ0v) is 9.73. The largest absolute Gasteiger partial charge is 0.298 e. The second kappa shape index (κ2) is 3.37. The van der Waals surface area contributed by atoms with Crippen LogP contribution in [0.3, 0.4) is 0 Å². The molecule has 3 aliphatic rings. The summed E-state index contributed by atoms with van der Waals surface area (Å²) in [5, 5.41) is -1.61. The van der Waals surface area contributed by atoms with E-state index < -0.39 is 32.9 Å². The normalized spacial score (nSPS) is 37.6. The van der Waals surface area contributed by atoms with Crippen LogP contribution in [-0.4, -0.2) is 22.1 Å². The van der Waals surface area contributed by atoms with Gasteiger partial charge in [-0.15, -0.1) is 0 Å². The molecule has 2 unspecified atom stereocenters. The van der Waals surface area contributed by atoms with Gasteiger partial charge in [-0.25, -0.2) is 0 Å². The molecule has 3 fully saturated rings. The zero-order valence-electron chi connectivity index (χ0n) is 8.22. The van der Waals surface area contributed by atoms with Crippen LogP contribution in [0.5, 0.6) is 0 Å². The van der Waals surface area contributed by atoms with Crippen molar-refractivity contribution in [3.63, 3.8) is 0 Å². The van der Waals surface area contributed by atoms with E-state index >= 15 is 0 Å². The first-order chi connectivity index (χ1) is 7.35. The molecule has 0 saturated heterocycles. The highest BCUT2D eigenvalue weighted by Crippen LogP contribution is 2.54. The molecule has 16 heavy (non-hydrogen) atoms. The Balaban J connectivity index is 2.47. The average Bonchev–Trinajstić information content (AvgIpc) is 2.19. The van der Waals surface area contributed by atoms with E-state index in [0.717, 1.165) is 0 Å². The van der Waals surface area contributed by atoms with E-state index in [9.17, 15) is 19.2 Å². The Bertz CT molecular complexity index is 391. The van der Waals surface area contributed by atoms with Crippen LogP contribution in [0, 0.1) is 10.8 Å². The van der Waals surface area contributed by atoms with Gasteiger partial charge in [0.2, 0.25) is 10.5 Å². The predicted molar refractivity (Wildman–Crippen MR) is 55.1 cm³/mol. The fourth-order valence-corrected chi connectivity index (χ4v) is 3.05. The van der Waals surface area contributed by atoms with E-state index in [0.29, 0.717) is 0 Å². The number of hydrogen-bond donors (Lipinski definition) is 0. The number of rotatable bonds is 2. The second-order valence-electron chi connectivity index (χ2n) is 4.41. The Morgan fingerprint density at radius 2 is 1.19 bits per heavy atom. The van der Waals surface area contributed by atoms with Gasteiger partial charge in [0.05, 0.1) is 0 Å². The quantitative estimate of drug-likeness (QED) is 0.554. The molecular weight excluding hydrogens is 255 g/mol. The summed E-state index contributed by atoms with van der Waals surface area (Å²) in [6, 6.07) is 0. The van der Waals surface area contributed by atoms with Gasteiger partial charge in [-0.2, -0.15) is 0 Å². The van der Waals surface area contributed by atoms with Gasteiger partial charge >= 0.3 is 0 Å². The lowest BCUT2D eigenvalue weighted by molar-refractivity contribution is -0.163. The van der Waals surface area contributed by atoms with Gasteiger partial charge in [-0.05, 0) is 36.0 Å². The molecule has 3 saturated carbocycles. The smallest absolute Gasteiger partial charge is 0.235 e. The van der Waals surface area contributed by atoms with E-state index in [1.165, 1.54) is 0 Å². The Labute approximate surface area is 101 Å². The van der Waals surface area contributed by atoms with Crippen molar-refractivity contribution in [3.8, 4) is 0 Å². The van der Waals surface area contributed by atoms with Crippen molar-refractivity contribution >= 4 is 45.3 Å². The summed E-state index contributed by atoms with van der Waals surface area (Å²) >= 11 is 10.8. The number of halogens is 2. The fourth-order valence-electron chi connectivity index (χ4n) is 2.52. The molecule has 0 aromatic carbocycles. The number of Topliss-reactive ketones (excluding diaryl/α,β-unsaturated/α-hetero) is 2. The van der Waals surface area contributed by atoms with Gasteiger partial charge in [0, 0.05) is 12.8 Å². The molecule has 0 aliphatic heterocycles. The Morgan fingerprint density at radius 3 is 1.38 bits per heavy atom. The van der Waals surface area contributed by atoms with Crippen LogP contribution >= 0.6 is 23.2 Å². The predicted octanol–water partition coefficient (Wildman–Crippen LogP) is 1.22. The SMILES string of the molecule is O=C(Cl)C12CCC(C(=O)Cl)(CC1=O)C(=O)C2. The summed E-state index contributed by atoms with van der Waals surface area (Å²) in [5.74, 6) is -0.875. The van der Waals surface area contributed by atoms with E-state index in [1.807, 2.05) is 0 Å². The molecule has 2 atom stereocenters. The Kier molecular flexibility index (Phi) is 2.48. The van der Waals surface area contributed by atoms with Gasteiger partial charge in [-0.1, -0.05) is 0 Å². The van der Waals surface area contributed by atoms with Crippen molar-refractivity contribution in [3.05, 3.63) is 0 Å². The molecular formula is C10H8Cl2O4. The molecule has 0 N–H and O–H groups in total. The van der Waals surface area contributed by atoms with Crippen LogP contribution < -0.4 is 0 Å². The van der Waals surface area contributed by atoms with E-state index in [2.05, 4.69) is 0 Å². The van der Waals surface area contributed by atoms with Gasteiger partial charge in [-0.3, -0.25) is 19.2 Å². The third-order valence-electron chi connectivity index (χ3n) is 3.72. The first-order valence-corrected chi connectivity index (χ1v) is 5.57. The molecule has 86 valence electrons. The van der Waals surface area contributed by atoms with Crippen molar-refractivity contribution in [2.24, 2.45) is 10.8 Å². The summed E-state index contributed by atoms with van der Waals surface area (Å²) in [5.41, 5.74) is -2.79. The van der Waals surface area contributed by atoms with Crippen LogP contribution in [0.1, 0.15) is 25.7 Å². The highest BCUT2D eigenvalue weighted by Gasteiger charge is 2.64. The maximum Gasteiger partial charge on any atom is 0.235 e. The lowest BCUT2D eigenvalue weighted by atomic mass is 9.53. The average molecular weight is 263 g/mol. The Hall–Kier alpha value is -0.740. The summed E-state index contributed by atoms with van der Waals surface area (Å²) < 4.78 is 0. The van der Waals surface area contributed by atoms with Crippen LogP contribution in [0.15, 0.2) is 0 Å². The topological polar surface area (TPSA) is 68.3 Å². The number of fused-ring (bicyclic) bond motifs is 3. The molecule has 3 aliphatic carbocycles. The minimum atomic E-state index is -1.40.